The van der Waals surface area contributed by atoms with Crippen LogP contribution in [-0.2, 0) is 0 Å². The molecule has 1 aromatic heterocycles. The van der Waals surface area contributed by atoms with Gasteiger partial charge < -0.3 is 10.2 Å². The maximum atomic E-state index is 13.4. The van der Waals surface area contributed by atoms with E-state index in [1.165, 1.54) is 12.1 Å². The molecule has 19 heavy (non-hydrogen) atoms. The molecule has 0 aliphatic heterocycles. The Hall–Kier alpha value is -2.07. The van der Waals surface area contributed by atoms with Crippen molar-refractivity contribution in [2.24, 2.45) is 0 Å². The number of nitrogens with zero attached hydrogens (tertiary/aromatic N) is 1. The Morgan fingerprint density at radius 3 is 2.84 bits per heavy atom. The number of rotatable bonds is 1. The zero-order valence-corrected chi connectivity index (χ0v) is 10.8. The second-order valence-electron chi connectivity index (χ2n) is 4.34. The van der Waals surface area contributed by atoms with Crippen LogP contribution in [-0.4, -0.2) is 4.98 Å². The van der Waals surface area contributed by atoms with Gasteiger partial charge in [-0.25, -0.2) is 9.37 Å². The molecule has 2 aromatic carbocycles. The molecule has 5 heteroatoms. The van der Waals surface area contributed by atoms with E-state index in [9.17, 15) is 4.39 Å². The molecular formula is C14H10ClFN2O. The minimum Gasteiger partial charge on any atom is -0.436 e. The van der Waals surface area contributed by atoms with Crippen molar-refractivity contribution >= 4 is 28.4 Å². The molecule has 0 saturated heterocycles. The monoisotopic (exact) mass is 276 g/mol. The lowest BCUT2D eigenvalue weighted by atomic mass is 10.1. The molecule has 96 valence electrons. The van der Waals surface area contributed by atoms with Gasteiger partial charge in [-0.05, 0) is 25.1 Å². The second kappa shape index (κ2) is 4.24. The molecule has 0 radical (unpaired) electrons. The molecule has 3 aromatic rings. The molecule has 2 N–H and O–H groups in total. The highest BCUT2D eigenvalue weighted by Gasteiger charge is 2.13. The molecule has 0 aliphatic carbocycles. The first-order chi connectivity index (χ1) is 9.04. The van der Waals surface area contributed by atoms with Crippen molar-refractivity contribution in [2.75, 3.05) is 5.73 Å². The van der Waals surface area contributed by atoms with Gasteiger partial charge in [0.2, 0.25) is 5.89 Å². The SMILES string of the molecule is Cc1ccc(N)c(-c2nc3cc(Cl)c(F)cc3o2)c1. The van der Waals surface area contributed by atoms with E-state index in [4.69, 9.17) is 21.8 Å². The highest BCUT2D eigenvalue weighted by molar-refractivity contribution is 6.31. The summed E-state index contributed by atoms with van der Waals surface area (Å²) < 4.78 is 18.9. The lowest BCUT2D eigenvalue weighted by Crippen LogP contribution is -1.90. The van der Waals surface area contributed by atoms with E-state index < -0.39 is 5.82 Å². The Morgan fingerprint density at radius 2 is 2.05 bits per heavy atom. The van der Waals surface area contributed by atoms with E-state index in [1.54, 1.807) is 6.07 Å². The quantitative estimate of drug-likeness (QED) is 0.678. The lowest BCUT2D eigenvalue weighted by Gasteiger charge is -2.01. The lowest BCUT2D eigenvalue weighted by molar-refractivity contribution is 0.602. The van der Waals surface area contributed by atoms with E-state index in [0.29, 0.717) is 28.2 Å². The summed E-state index contributed by atoms with van der Waals surface area (Å²) in [5.41, 5.74) is 9.03. The Bertz CT molecular complexity index is 743. The van der Waals surface area contributed by atoms with Gasteiger partial charge in [-0.1, -0.05) is 23.2 Å². The zero-order chi connectivity index (χ0) is 13.6. The fraction of sp³-hybridized carbons (Fsp3) is 0.0714. The van der Waals surface area contributed by atoms with Crippen molar-refractivity contribution < 1.29 is 8.81 Å². The maximum Gasteiger partial charge on any atom is 0.229 e. The molecule has 3 rings (SSSR count). The third-order valence-electron chi connectivity index (χ3n) is 2.87. The fourth-order valence-electron chi connectivity index (χ4n) is 1.89. The van der Waals surface area contributed by atoms with Gasteiger partial charge in [0.1, 0.15) is 11.3 Å². The number of fused-ring (bicyclic) bond motifs is 1. The third-order valence-corrected chi connectivity index (χ3v) is 3.16. The van der Waals surface area contributed by atoms with Crippen LogP contribution in [0.5, 0.6) is 0 Å². The molecule has 0 aliphatic rings. The fourth-order valence-corrected chi connectivity index (χ4v) is 2.05. The number of benzene rings is 2. The van der Waals surface area contributed by atoms with Crippen molar-refractivity contribution in [3.05, 3.63) is 46.7 Å². The predicted molar refractivity (Wildman–Crippen MR) is 73.6 cm³/mol. The van der Waals surface area contributed by atoms with Gasteiger partial charge in [-0.3, -0.25) is 0 Å². The topological polar surface area (TPSA) is 52.0 Å². The number of oxazole rings is 1. The minimum absolute atomic E-state index is 0.0181. The molecule has 1 heterocycles. The van der Waals surface area contributed by atoms with E-state index in [1.807, 2.05) is 19.1 Å². The van der Waals surface area contributed by atoms with Crippen molar-refractivity contribution in [1.29, 1.82) is 0 Å². The Labute approximate surface area is 113 Å². The highest BCUT2D eigenvalue weighted by Crippen LogP contribution is 2.31. The molecule has 0 bridgehead atoms. The summed E-state index contributed by atoms with van der Waals surface area (Å²) in [4.78, 5) is 4.29. The van der Waals surface area contributed by atoms with E-state index >= 15 is 0 Å². The Balaban J connectivity index is 2.23. The number of hydrogen-bond acceptors (Lipinski definition) is 3. The van der Waals surface area contributed by atoms with Gasteiger partial charge in [-0.2, -0.15) is 0 Å². The van der Waals surface area contributed by atoms with Crippen LogP contribution in [0.2, 0.25) is 5.02 Å². The number of aromatic nitrogens is 1. The molecule has 0 atom stereocenters. The smallest absolute Gasteiger partial charge is 0.229 e. The van der Waals surface area contributed by atoms with Crippen molar-refractivity contribution in [3.8, 4) is 11.5 Å². The summed E-state index contributed by atoms with van der Waals surface area (Å²) >= 11 is 5.72. The molecule has 0 amide bonds. The maximum absolute atomic E-state index is 13.4. The summed E-state index contributed by atoms with van der Waals surface area (Å²) in [6.45, 7) is 1.95. The molecular weight excluding hydrogens is 267 g/mol. The first-order valence-electron chi connectivity index (χ1n) is 5.66. The van der Waals surface area contributed by atoms with Crippen LogP contribution < -0.4 is 5.73 Å². The van der Waals surface area contributed by atoms with Crippen LogP contribution in [0.15, 0.2) is 34.7 Å². The summed E-state index contributed by atoms with van der Waals surface area (Å²) in [6.07, 6.45) is 0. The molecule has 0 fully saturated rings. The van der Waals surface area contributed by atoms with Gasteiger partial charge in [0.25, 0.3) is 0 Å². The summed E-state index contributed by atoms with van der Waals surface area (Å²) in [6, 6.07) is 8.22. The normalized spacial score (nSPS) is 11.1. The van der Waals surface area contributed by atoms with Gasteiger partial charge in [0, 0.05) is 11.8 Å². The number of nitrogens with two attached hydrogens (primary N) is 1. The summed E-state index contributed by atoms with van der Waals surface area (Å²) in [7, 11) is 0. The van der Waals surface area contributed by atoms with E-state index in [2.05, 4.69) is 4.98 Å². The van der Waals surface area contributed by atoms with Crippen LogP contribution in [0.1, 0.15) is 5.56 Å². The van der Waals surface area contributed by atoms with Crippen LogP contribution in [0.3, 0.4) is 0 Å². The van der Waals surface area contributed by atoms with E-state index in [0.717, 1.165) is 5.56 Å². The minimum atomic E-state index is -0.533. The van der Waals surface area contributed by atoms with Crippen molar-refractivity contribution in [1.82, 2.24) is 4.98 Å². The zero-order valence-electron chi connectivity index (χ0n) is 10.1. The standard InChI is InChI=1S/C14H10ClFN2O/c1-7-2-3-11(17)8(4-7)14-18-12-5-9(15)10(16)6-13(12)19-14/h2-6H,17H2,1H3. The molecule has 3 nitrogen and oxygen atoms in total. The van der Waals surface area contributed by atoms with Crippen LogP contribution in [0.4, 0.5) is 10.1 Å². The largest absolute Gasteiger partial charge is 0.436 e. The summed E-state index contributed by atoms with van der Waals surface area (Å²) in [5, 5.41) is 0.0181. The van der Waals surface area contributed by atoms with Gasteiger partial charge in [0.15, 0.2) is 5.58 Å². The molecule has 0 unspecified atom stereocenters. The number of aryl methyl sites for hydroxylation is 1. The molecule has 0 saturated carbocycles. The predicted octanol–water partition coefficient (Wildman–Crippen LogP) is 4.18. The first-order valence-corrected chi connectivity index (χ1v) is 6.04. The van der Waals surface area contributed by atoms with Crippen LogP contribution in [0, 0.1) is 12.7 Å². The first kappa shape index (κ1) is 12.0. The van der Waals surface area contributed by atoms with E-state index in [-0.39, 0.29) is 5.02 Å². The van der Waals surface area contributed by atoms with Crippen molar-refractivity contribution in [2.45, 2.75) is 6.92 Å². The average Bonchev–Trinajstić information content (AvgIpc) is 2.75. The second-order valence-corrected chi connectivity index (χ2v) is 4.75. The van der Waals surface area contributed by atoms with Gasteiger partial charge >= 0.3 is 0 Å². The Kier molecular flexibility index (Phi) is 2.68. The number of nitrogen functional groups attached to an aromatic ring is 1. The van der Waals surface area contributed by atoms with Gasteiger partial charge in [0.05, 0.1) is 10.6 Å². The highest BCUT2D eigenvalue weighted by atomic mass is 35.5. The number of hydrogen-bond donors (Lipinski definition) is 1. The Morgan fingerprint density at radius 1 is 1.26 bits per heavy atom. The molecule has 0 spiro atoms. The van der Waals surface area contributed by atoms with Gasteiger partial charge in [-0.15, -0.1) is 0 Å². The average molecular weight is 277 g/mol. The number of halogens is 2. The summed E-state index contributed by atoms with van der Waals surface area (Å²) in [5.74, 6) is -0.174. The van der Waals surface area contributed by atoms with Crippen LogP contribution in [0.25, 0.3) is 22.6 Å². The number of anilines is 1. The van der Waals surface area contributed by atoms with Crippen molar-refractivity contribution in [3.63, 3.8) is 0 Å². The third kappa shape index (κ3) is 2.04. The van der Waals surface area contributed by atoms with Crippen LogP contribution >= 0.6 is 11.6 Å².